The van der Waals surface area contributed by atoms with Gasteiger partial charge in [0.25, 0.3) is 0 Å². The third-order valence-corrected chi connectivity index (χ3v) is 8.78. The zero-order valence-corrected chi connectivity index (χ0v) is 30.3. The van der Waals surface area contributed by atoms with E-state index in [0.717, 1.165) is 68.5 Å². The summed E-state index contributed by atoms with van der Waals surface area (Å²) in [6, 6.07) is 47.6. The number of ether oxygens (including phenoxy) is 4. The van der Waals surface area contributed by atoms with Crippen molar-refractivity contribution in [3.8, 4) is 23.0 Å². The highest BCUT2D eigenvalue weighted by molar-refractivity contribution is 5.87. The quantitative estimate of drug-likeness (QED) is 0.138. The fraction of sp³-hybridized carbons (Fsp3) is 0.182. The third kappa shape index (κ3) is 8.05. The molecule has 0 saturated heterocycles. The van der Waals surface area contributed by atoms with E-state index in [2.05, 4.69) is 127 Å². The molecule has 6 aromatic carbocycles. The van der Waals surface area contributed by atoms with Gasteiger partial charge in [-0.3, -0.25) is 0 Å². The van der Waals surface area contributed by atoms with Gasteiger partial charge in [-0.05, 0) is 138 Å². The summed E-state index contributed by atoms with van der Waals surface area (Å²) in [5, 5.41) is 3.72. The van der Waals surface area contributed by atoms with Gasteiger partial charge in [-0.15, -0.1) is 0 Å². The molecule has 0 unspecified atom stereocenters. The van der Waals surface area contributed by atoms with Crippen molar-refractivity contribution in [2.24, 2.45) is 0 Å². The maximum atomic E-state index is 5.52. The predicted octanol–water partition coefficient (Wildman–Crippen LogP) is 11.7. The standard InChI is InChI=1S/C44H45N3O4/c1-44(2,3)31-8-10-32(11-9-31)45-33-28-38(46(34-12-20-40(48-4)21-13-34)35-14-22-41(49-5)23-15-35)30-39(29-33)47(36-16-24-42(50-6)25-17-36)37-18-26-43(51-7)27-19-37/h8-30,45H,1-7H3. The summed E-state index contributed by atoms with van der Waals surface area (Å²) in [5.74, 6) is 3.14. The van der Waals surface area contributed by atoms with Crippen molar-refractivity contribution in [1.82, 2.24) is 0 Å². The number of hydrogen-bond acceptors (Lipinski definition) is 7. The van der Waals surface area contributed by atoms with Gasteiger partial charge in [-0.1, -0.05) is 32.9 Å². The lowest BCUT2D eigenvalue weighted by Crippen LogP contribution is -2.14. The van der Waals surface area contributed by atoms with Gasteiger partial charge in [-0.2, -0.15) is 0 Å². The van der Waals surface area contributed by atoms with E-state index in [9.17, 15) is 0 Å². The average molecular weight is 680 g/mol. The molecule has 0 heterocycles. The van der Waals surface area contributed by atoms with Gasteiger partial charge in [-0.25, -0.2) is 0 Å². The Morgan fingerprint density at radius 2 is 0.686 bits per heavy atom. The summed E-state index contributed by atoms with van der Waals surface area (Å²) in [6.45, 7) is 6.68. The van der Waals surface area contributed by atoms with Crippen molar-refractivity contribution in [3.05, 3.63) is 145 Å². The first-order chi connectivity index (χ1) is 24.7. The van der Waals surface area contributed by atoms with Gasteiger partial charge in [0.2, 0.25) is 0 Å². The molecule has 0 spiro atoms. The fourth-order valence-corrected chi connectivity index (χ4v) is 5.97. The van der Waals surface area contributed by atoms with Crippen LogP contribution in [-0.4, -0.2) is 28.4 Å². The minimum atomic E-state index is 0.0556. The maximum absolute atomic E-state index is 5.52. The Morgan fingerprint density at radius 3 is 0.961 bits per heavy atom. The zero-order chi connectivity index (χ0) is 36.0. The van der Waals surface area contributed by atoms with Gasteiger partial charge in [0.15, 0.2) is 0 Å². The molecule has 0 aromatic heterocycles. The Hall–Kier alpha value is -6.08. The Kier molecular flexibility index (Phi) is 10.4. The van der Waals surface area contributed by atoms with Crippen LogP contribution in [0.2, 0.25) is 0 Å². The SMILES string of the molecule is COc1ccc(N(c2ccc(OC)cc2)c2cc(Nc3ccc(C(C)(C)C)cc3)cc(N(c3ccc(OC)cc3)c3ccc(OC)cc3)c2)cc1. The van der Waals surface area contributed by atoms with E-state index in [4.69, 9.17) is 18.9 Å². The molecule has 0 aliphatic heterocycles. The highest BCUT2D eigenvalue weighted by Crippen LogP contribution is 2.44. The molecule has 7 nitrogen and oxygen atoms in total. The molecule has 260 valence electrons. The van der Waals surface area contributed by atoms with E-state index in [1.54, 1.807) is 28.4 Å². The Labute approximate surface area is 301 Å². The zero-order valence-electron chi connectivity index (χ0n) is 30.3. The summed E-state index contributed by atoms with van der Waals surface area (Å²) in [5.41, 5.74) is 9.03. The van der Waals surface area contributed by atoms with E-state index < -0.39 is 0 Å². The molecule has 0 radical (unpaired) electrons. The Bertz CT molecular complexity index is 1810. The molecule has 6 rings (SSSR count). The Balaban J connectivity index is 1.56. The summed E-state index contributed by atoms with van der Waals surface area (Å²) >= 11 is 0. The average Bonchev–Trinajstić information content (AvgIpc) is 3.16. The number of benzene rings is 6. The lowest BCUT2D eigenvalue weighted by molar-refractivity contribution is 0.414. The minimum absolute atomic E-state index is 0.0556. The topological polar surface area (TPSA) is 55.4 Å². The van der Waals surface area contributed by atoms with Gasteiger partial charge < -0.3 is 34.1 Å². The van der Waals surface area contributed by atoms with Crippen molar-refractivity contribution in [3.63, 3.8) is 0 Å². The van der Waals surface area contributed by atoms with Crippen LogP contribution >= 0.6 is 0 Å². The van der Waals surface area contributed by atoms with Crippen LogP contribution in [0.25, 0.3) is 0 Å². The van der Waals surface area contributed by atoms with Crippen molar-refractivity contribution in [2.45, 2.75) is 26.2 Å². The molecule has 1 N–H and O–H groups in total. The molecule has 0 bridgehead atoms. The van der Waals surface area contributed by atoms with Crippen LogP contribution in [-0.2, 0) is 5.41 Å². The molecule has 51 heavy (non-hydrogen) atoms. The van der Waals surface area contributed by atoms with Crippen LogP contribution < -0.4 is 34.1 Å². The molecule has 6 aromatic rings. The summed E-state index contributed by atoms with van der Waals surface area (Å²) in [6.07, 6.45) is 0. The van der Waals surface area contributed by atoms with E-state index in [1.807, 2.05) is 48.5 Å². The molecule has 7 heteroatoms. The lowest BCUT2D eigenvalue weighted by atomic mass is 9.87. The summed E-state index contributed by atoms with van der Waals surface area (Å²) in [7, 11) is 6.72. The number of rotatable bonds is 12. The number of hydrogen-bond donors (Lipinski definition) is 1. The van der Waals surface area contributed by atoms with E-state index in [-0.39, 0.29) is 5.41 Å². The molecular formula is C44H45N3O4. The molecule has 0 aliphatic rings. The van der Waals surface area contributed by atoms with Gasteiger partial charge >= 0.3 is 0 Å². The molecule has 0 atom stereocenters. The molecule has 0 amide bonds. The molecule has 0 aliphatic carbocycles. The van der Waals surface area contributed by atoms with Gasteiger partial charge in [0.05, 0.1) is 39.8 Å². The van der Waals surface area contributed by atoms with Gasteiger partial charge in [0, 0.05) is 34.1 Å². The Morgan fingerprint density at radius 1 is 0.373 bits per heavy atom. The first kappa shape index (κ1) is 34.8. The number of nitrogens with zero attached hydrogens (tertiary/aromatic N) is 2. The minimum Gasteiger partial charge on any atom is -0.497 e. The predicted molar refractivity (Wildman–Crippen MR) is 210 cm³/mol. The summed E-state index contributed by atoms with van der Waals surface area (Å²) in [4.78, 5) is 4.47. The fourth-order valence-electron chi connectivity index (χ4n) is 5.97. The lowest BCUT2D eigenvalue weighted by Gasteiger charge is -2.30. The first-order valence-corrected chi connectivity index (χ1v) is 16.9. The largest absolute Gasteiger partial charge is 0.497 e. The third-order valence-electron chi connectivity index (χ3n) is 8.78. The van der Waals surface area contributed by atoms with Crippen molar-refractivity contribution >= 4 is 45.5 Å². The highest BCUT2D eigenvalue weighted by atomic mass is 16.5. The van der Waals surface area contributed by atoms with Crippen molar-refractivity contribution < 1.29 is 18.9 Å². The van der Waals surface area contributed by atoms with Crippen LogP contribution in [0.5, 0.6) is 23.0 Å². The van der Waals surface area contributed by atoms with Crippen molar-refractivity contribution in [1.29, 1.82) is 0 Å². The van der Waals surface area contributed by atoms with Crippen LogP contribution in [0.3, 0.4) is 0 Å². The number of methoxy groups -OCH3 is 4. The first-order valence-electron chi connectivity index (χ1n) is 16.9. The van der Waals surface area contributed by atoms with Crippen LogP contribution in [0.1, 0.15) is 26.3 Å². The smallest absolute Gasteiger partial charge is 0.119 e. The normalized spacial score (nSPS) is 11.0. The van der Waals surface area contributed by atoms with Crippen molar-refractivity contribution in [2.75, 3.05) is 43.6 Å². The summed E-state index contributed by atoms with van der Waals surface area (Å²) < 4.78 is 22.1. The second kappa shape index (κ2) is 15.2. The number of nitrogens with one attached hydrogen (secondary N) is 1. The van der Waals surface area contributed by atoms with Crippen LogP contribution in [0, 0.1) is 0 Å². The molecule has 0 fully saturated rings. The molecular weight excluding hydrogens is 635 g/mol. The maximum Gasteiger partial charge on any atom is 0.119 e. The van der Waals surface area contributed by atoms with E-state index in [0.29, 0.717) is 0 Å². The van der Waals surface area contributed by atoms with E-state index in [1.165, 1.54) is 5.56 Å². The molecule has 0 saturated carbocycles. The van der Waals surface area contributed by atoms with E-state index >= 15 is 0 Å². The monoisotopic (exact) mass is 679 g/mol. The van der Waals surface area contributed by atoms with Crippen LogP contribution in [0.15, 0.2) is 140 Å². The van der Waals surface area contributed by atoms with Crippen LogP contribution in [0.4, 0.5) is 45.5 Å². The number of anilines is 8. The second-order valence-electron chi connectivity index (χ2n) is 13.2. The second-order valence-corrected chi connectivity index (χ2v) is 13.2. The van der Waals surface area contributed by atoms with Gasteiger partial charge in [0.1, 0.15) is 23.0 Å². The highest BCUT2D eigenvalue weighted by Gasteiger charge is 2.20.